The van der Waals surface area contributed by atoms with Crippen LogP contribution in [0.15, 0.2) is 0 Å². The minimum atomic E-state index is 0.0391. The second kappa shape index (κ2) is 9.97. The summed E-state index contributed by atoms with van der Waals surface area (Å²) in [6.07, 6.45) is 3.89. The molecule has 0 spiro atoms. The van der Waals surface area contributed by atoms with Gasteiger partial charge >= 0.3 is 6.03 Å². The lowest BCUT2D eigenvalue weighted by atomic mass is 9.94. The highest BCUT2D eigenvalue weighted by molar-refractivity contribution is 5.79. The fourth-order valence-corrected chi connectivity index (χ4v) is 3.75. The number of methoxy groups -OCH3 is 1. The SMILES string of the molecule is COCCN1CCC[C@@H](CNC(=O)C2CCN(C(=O)N(C)C)CC2)C1. The third kappa shape index (κ3) is 6.15. The van der Waals surface area contributed by atoms with Gasteiger partial charge in [-0.3, -0.25) is 4.79 Å². The second-order valence-electron chi connectivity index (χ2n) is 7.49. The third-order valence-corrected chi connectivity index (χ3v) is 5.30. The average Bonchev–Trinajstić information content (AvgIpc) is 2.64. The first-order valence-electron chi connectivity index (χ1n) is 9.46. The molecular formula is C18H34N4O3. The standard InChI is InChI=1S/C18H34N4O3/c1-20(2)18(24)22-9-6-16(7-10-22)17(23)19-13-15-5-4-8-21(14-15)11-12-25-3/h15-16H,4-14H2,1-3H3,(H,19,23)/t15-/m0/s1. The number of urea groups is 1. The zero-order valence-corrected chi connectivity index (χ0v) is 16.0. The molecule has 0 aliphatic carbocycles. The Kier molecular flexibility index (Phi) is 7.96. The van der Waals surface area contributed by atoms with Crippen molar-refractivity contribution in [3.63, 3.8) is 0 Å². The Morgan fingerprint density at radius 1 is 1.16 bits per heavy atom. The van der Waals surface area contributed by atoms with Crippen LogP contribution in [0.25, 0.3) is 0 Å². The number of hydrogen-bond acceptors (Lipinski definition) is 4. The molecule has 2 aliphatic heterocycles. The van der Waals surface area contributed by atoms with E-state index in [1.807, 2.05) is 4.90 Å². The Balaban J connectivity index is 1.68. The van der Waals surface area contributed by atoms with Crippen molar-refractivity contribution in [2.45, 2.75) is 25.7 Å². The van der Waals surface area contributed by atoms with Gasteiger partial charge in [-0.05, 0) is 38.1 Å². The largest absolute Gasteiger partial charge is 0.383 e. The fourth-order valence-electron chi connectivity index (χ4n) is 3.75. The van der Waals surface area contributed by atoms with Gasteiger partial charge < -0.3 is 24.8 Å². The quantitative estimate of drug-likeness (QED) is 0.768. The fraction of sp³-hybridized carbons (Fsp3) is 0.889. The summed E-state index contributed by atoms with van der Waals surface area (Å²) in [5.41, 5.74) is 0. The summed E-state index contributed by atoms with van der Waals surface area (Å²) < 4.78 is 5.16. The van der Waals surface area contributed by atoms with Crippen molar-refractivity contribution in [2.75, 3.05) is 67.1 Å². The molecule has 2 rings (SSSR count). The zero-order chi connectivity index (χ0) is 18.2. The van der Waals surface area contributed by atoms with Crippen LogP contribution in [0.3, 0.4) is 0 Å². The lowest BCUT2D eigenvalue weighted by Gasteiger charge is -2.34. The molecule has 0 aromatic carbocycles. The molecule has 144 valence electrons. The van der Waals surface area contributed by atoms with Gasteiger partial charge in [-0.15, -0.1) is 0 Å². The predicted octanol–water partition coefficient (Wildman–Crippen LogP) is 0.855. The molecule has 0 unspecified atom stereocenters. The molecule has 3 amide bonds. The molecular weight excluding hydrogens is 320 g/mol. The molecule has 25 heavy (non-hydrogen) atoms. The summed E-state index contributed by atoms with van der Waals surface area (Å²) >= 11 is 0. The van der Waals surface area contributed by atoms with Crippen LogP contribution in [0.2, 0.25) is 0 Å². The number of likely N-dealkylation sites (tertiary alicyclic amines) is 2. The molecule has 2 aliphatic rings. The number of piperidine rings is 2. The van der Waals surface area contributed by atoms with Crippen LogP contribution < -0.4 is 5.32 Å². The predicted molar refractivity (Wildman–Crippen MR) is 97.4 cm³/mol. The van der Waals surface area contributed by atoms with Crippen LogP contribution in [0.5, 0.6) is 0 Å². The van der Waals surface area contributed by atoms with Crippen molar-refractivity contribution in [1.82, 2.24) is 20.0 Å². The number of hydrogen-bond donors (Lipinski definition) is 1. The van der Waals surface area contributed by atoms with Crippen LogP contribution in [0.1, 0.15) is 25.7 Å². The summed E-state index contributed by atoms with van der Waals surface area (Å²) in [7, 11) is 5.27. The molecule has 2 heterocycles. The van der Waals surface area contributed by atoms with E-state index in [-0.39, 0.29) is 17.9 Å². The Bertz CT molecular complexity index is 436. The zero-order valence-electron chi connectivity index (χ0n) is 16.0. The summed E-state index contributed by atoms with van der Waals surface area (Å²) in [6, 6.07) is 0.0391. The van der Waals surface area contributed by atoms with E-state index in [1.54, 1.807) is 26.1 Å². The van der Waals surface area contributed by atoms with Gasteiger partial charge in [-0.1, -0.05) is 0 Å². The van der Waals surface area contributed by atoms with E-state index >= 15 is 0 Å². The average molecular weight is 354 g/mol. The summed E-state index contributed by atoms with van der Waals surface area (Å²) in [5, 5.41) is 3.15. The highest BCUT2D eigenvalue weighted by atomic mass is 16.5. The van der Waals surface area contributed by atoms with Crippen molar-refractivity contribution in [1.29, 1.82) is 0 Å². The van der Waals surface area contributed by atoms with Crippen LogP contribution in [-0.4, -0.2) is 93.7 Å². The topological polar surface area (TPSA) is 65.1 Å². The van der Waals surface area contributed by atoms with Crippen molar-refractivity contribution < 1.29 is 14.3 Å². The Morgan fingerprint density at radius 2 is 1.88 bits per heavy atom. The maximum absolute atomic E-state index is 12.4. The number of carbonyl (C=O) groups excluding carboxylic acids is 2. The van der Waals surface area contributed by atoms with E-state index in [0.717, 1.165) is 45.6 Å². The maximum Gasteiger partial charge on any atom is 0.319 e. The molecule has 7 heteroatoms. The lowest BCUT2D eigenvalue weighted by molar-refractivity contribution is -0.126. The first-order valence-corrected chi connectivity index (χ1v) is 9.46. The number of nitrogens with zero attached hydrogens (tertiary/aromatic N) is 3. The molecule has 2 saturated heterocycles. The Labute approximate surface area is 151 Å². The molecule has 0 bridgehead atoms. The van der Waals surface area contributed by atoms with Crippen LogP contribution in [-0.2, 0) is 9.53 Å². The van der Waals surface area contributed by atoms with E-state index in [1.165, 1.54) is 12.8 Å². The van der Waals surface area contributed by atoms with Gasteiger partial charge in [0.2, 0.25) is 5.91 Å². The van der Waals surface area contributed by atoms with Crippen molar-refractivity contribution in [3.8, 4) is 0 Å². The molecule has 0 radical (unpaired) electrons. The first kappa shape index (κ1) is 20.0. The van der Waals surface area contributed by atoms with E-state index in [2.05, 4.69) is 10.2 Å². The van der Waals surface area contributed by atoms with Crippen molar-refractivity contribution in [2.24, 2.45) is 11.8 Å². The molecule has 7 nitrogen and oxygen atoms in total. The minimum Gasteiger partial charge on any atom is -0.383 e. The summed E-state index contributed by atoms with van der Waals surface area (Å²) in [4.78, 5) is 30.3. The van der Waals surface area contributed by atoms with Crippen molar-refractivity contribution in [3.05, 3.63) is 0 Å². The molecule has 2 fully saturated rings. The van der Waals surface area contributed by atoms with Gasteiger partial charge in [0.05, 0.1) is 6.61 Å². The third-order valence-electron chi connectivity index (χ3n) is 5.30. The highest BCUT2D eigenvalue weighted by Gasteiger charge is 2.28. The minimum absolute atomic E-state index is 0.0391. The number of rotatable bonds is 6. The number of carbonyl (C=O) groups is 2. The highest BCUT2D eigenvalue weighted by Crippen LogP contribution is 2.19. The number of ether oxygens (including phenoxy) is 1. The molecule has 1 atom stereocenters. The van der Waals surface area contributed by atoms with E-state index in [0.29, 0.717) is 19.0 Å². The van der Waals surface area contributed by atoms with Gasteiger partial charge in [-0.25, -0.2) is 4.79 Å². The summed E-state index contributed by atoms with van der Waals surface area (Å²) in [5.74, 6) is 0.732. The molecule has 0 aromatic rings. The number of amides is 3. The van der Waals surface area contributed by atoms with Gasteiger partial charge in [-0.2, -0.15) is 0 Å². The summed E-state index contributed by atoms with van der Waals surface area (Å²) in [6.45, 7) is 6.01. The molecule has 0 saturated carbocycles. The second-order valence-corrected chi connectivity index (χ2v) is 7.49. The normalized spacial score (nSPS) is 22.7. The lowest BCUT2D eigenvalue weighted by Crippen LogP contribution is -2.47. The van der Waals surface area contributed by atoms with E-state index in [4.69, 9.17) is 4.74 Å². The Hall–Kier alpha value is -1.34. The van der Waals surface area contributed by atoms with Crippen LogP contribution in [0.4, 0.5) is 4.79 Å². The van der Waals surface area contributed by atoms with Crippen molar-refractivity contribution >= 4 is 11.9 Å². The Morgan fingerprint density at radius 3 is 2.52 bits per heavy atom. The maximum atomic E-state index is 12.4. The van der Waals surface area contributed by atoms with Gasteiger partial charge in [0, 0.05) is 59.8 Å². The molecule has 1 N–H and O–H groups in total. The van der Waals surface area contributed by atoms with E-state index < -0.39 is 0 Å². The van der Waals surface area contributed by atoms with Gasteiger partial charge in [0.25, 0.3) is 0 Å². The van der Waals surface area contributed by atoms with E-state index in [9.17, 15) is 9.59 Å². The smallest absolute Gasteiger partial charge is 0.319 e. The number of nitrogens with one attached hydrogen (secondary N) is 1. The van der Waals surface area contributed by atoms with Crippen LogP contribution >= 0.6 is 0 Å². The monoisotopic (exact) mass is 354 g/mol. The molecule has 0 aromatic heterocycles. The first-order chi connectivity index (χ1) is 12.0. The van der Waals surface area contributed by atoms with Crippen LogP contribution in [0, 0.1) is 11.8 Å². The van der Waals surface area contributed by atoms with Gasteiger partial charge in [0.1, 0.15) is 0 Å². The van der Waals surface area contributed by atoms with Gasteiger partial charge in [0.15, 0.2) is 0 Å².